The van der Waals surface area contributed by atoms with Crippen LogP contribution in [0.15, 0.2) is 59.4 Å². The SMILES string of the molecule is CCCCC1(CC)CN(c2ccccc2)c2cc(Cl)c(O/C=C(\F)C(=O)O)cc2S(=O)C1. The van der Waals surface area contributed by atoms with Gasteiger partial charge in [-0.1, -0.05) is 56.5 Å². The first-order chi connectivity index (χ1) is 15.3. The van der Waals surface area contributed by atoms with E-state index in [4.69, 9.17) is 21.4 Å². The van der Waals surface area contributed by atoms with Crippen LogP contribution in [-0.4, -0.2) is 27.6 Å². The number of unbranched alkanes of at least 4 members (excludes halogenated alkanes) is 1. The number of anilines is 2. The molecule has 1 N–H and O–H groups in total. The van der Waals surface area contributed by atoms with Gasteiger partial charge in [-0.25, -0.2) is 4.79 Å². The molecule has 0 saturated carbocycles. The Balaban J connectivity index is 2.12. The van der Waals surface area contributed by atoms with Gasteiger partial charge in [0.25, 0.3) is 0 Å². The topological polar surface area (TPSA) is 66.8 Å². The molecular formula is C24H27ClFNO4S. The van der Waals surface area contributed by atoms with Crippen molar-refractivity contribution in [2.24, 2.45) is 5.41 Å². The maximum atomic E-state index is 13.5. The molecule has 0 radical (unpaired) electrons. The minimum absolute atomic E-state index is 0.0562. The fourth-order valence-corrected chi connectivity index (χ4v) is 5.92. The Morgan fingerprint density at radius 3 is 2.66 bits per heavy atom. The van der Waals surface area contributed by atoms with Crippen molar-refractivity contribution in [1.82, 2.24) is 0 Å². The summed E-state index contributed by atoms with van der Waals surface area (Å²) in [5.41, 5.74) is 1.52. The van der Waals surface area contributed by atoms with Gasteiger partial charge in [-0.2, -0.15) is 4.39 Å². The van der Waals surface area contributed by atoms with Crippen LogP contribution in [0.4, 0.5) is 15.8 Å². The quantitative estimate of drug-likeness (QED) is 0.347. The summed E-state index contributed by atoms with van der Waals surface area (Å²) in [5, 5.41) is 8.88. The third-order valence-electron chi connectivity index (χ3n) is 5.85. The van der Waals surface area contributed by atoms with Crippen LogP contribution in [0.1, 0.15) is 39.5 Å². The molecule has 1 heterocycles. The summed E-state index contributed by atoms with van der Waals surface area (Å²) in [5.74, 6) is -2.65. The van der Waals surface area contributed by atoms with Crippen LogP contribution < -0.4 is 9.64 Å². The number of rotatable bonds is 8. The monoisotopic (exact) mass is 479 g/mol. The molecule has 0 aromatic heterocycles. The van der Waals surface area contributed by atoms with Gasteiger partial charge in [-0.05, 0) is 36.5 Å². The zero-order valence-corrected chi connectivity index (χ0v) is 19.7. The predicted molar refractivity (Wildman–Crippen MR) is 126 cm³/mol. The molecule has 2 atom stereocenters. The second-order valence-corrected chi connectivity index (χ2v) is 9.83. The molecule has 2 aromatic carbocycles. The lowest BCUT2D eigenvalue weighted by Gasteiger charge is -2.36. The second-order valence-electron chi connectivity index (χ2n) is 8.01. The maximum Gasteiger partial charge on any atom is 0.368 e. The molecule has 1 aliphatic rings. The number of hydrogen-bond acceptors (Lipinski definition) is 4. The normalized spacial score (nSPS) is 21.1. The molecule has 1 aliphatic heterocycles. The van der Waals surface area contributed by atoms with Crippen LogP contribution in [0.25, 0.3) is 0 Å². The summed E-state index contributed by atoms with van der Waals surface area (Å²) in [6.45, 7) is 4.97. The van der Waals surface area contributed by atoms with Crippen LogP contribution >= 0.6 is 11.6 Å². The molecule has 2 aromatic rings. The van der Waals surface area contributed by atoms with Gasteiger partial charge in [-0.3, -0.25) is 4.21 Å². The average Bonchev–Trinajstić information content (AvgIpc) is 2.91. The van der Waals surface area contributed by atoms with E-state index in [1.54, 1.807) is 6.07 Å². The lowest BCUT2D eigenvalue weighted by molar-refractivity contribution is -0.134. The van der Waals surface area contributed by atoms with Gasteiger partial charge < -0.3 is 14.7 Å². The number of carboxylic acid groups (broad SMARTS) is 1. The summed E-state index contributed by atoms with van der Waals surface area (Å²) < 4.78 is 32.1. The molecule has 32 heavy (non-hydrogen) atoms. The van der Waals surface area contributed by atoms with Crippen LogP contribution in [0, 0.1) is 5.41 Å². The molecule has 0 amide bonds. The number of hydrogen-bond donors (Lipinski definition) is 1. The van der Waals surface area contributed by atoms with E-state index in [1.807, 2.05) is 30.3 Å². The van der Waals surface area contributed by atoms with Gasteiger partial charge >= 0.3 is 5.97 Å². The van der Waals surface area contributed by atoms with Gasteiger partial charge in [0.05, 0.1) is 26.4 Å². The molecule has 8 heteroatoms. The van der Waals surface area contributed by atoms with E-state index in [1.165, 1.54) is 6.07 Å². The largest absolute Gasteiger partial charge is 0.476 e. The standard InChI is InChI=1S/C24H27ClFNO4S/c1-3-5-11-24(4-2)15-27(17-9-7-6-8-10-17)20-12-18(25)21(13-22(20)32(30)16-24)31-14-19(26)23(28)29/h6-10,12-14H,3-5,11,15-16H2,1-2H3,(H,28,29)/b19-14-. The number of ether oxygens (including phenoxy) is 1. The van der Waals surface area contributed by atoms with Crippen molar-refractivity contribution in [3.63, 3.8) is 0 Å². The van der Waals surface area contributed by atoms with Gasteiger partial charge in [-0.15, -0.1) is 0 Å². The average molecular weight is 480 g/mol. The molecule has 0 aliphatic carbocycles. The van der Waals surface area contributed by atoms with E-state index in [0.29, 0.717) is 29.1 Å². The number of benzene rings is 2. The summed E-state index contributed by atoms with van der Waals surface area (Å²) in [6.07, 6.45) is 4.41. The number of halogens is 2. The maximum absolute atomic E-state index is 13.5. The van der Waals surface area contributed by atoms with E-state index in [-0.39, 0.29) is 16.2 Å². The molecule has 5 nitrogen and oxygen atoms in total. The molecule has 172 valence electrons. The van der Waals surface area contributed by atoms with Crippen LogP contribution in [0.5, 0.6) is 5.75 Å². The number of fused-ring (bicyclic) bond motifs is 1. The molecule has 0 bridgehead atoms. The highest BCUT2D eigenvalue weighted by Crippen LogP contribution is 2.45. The van der Waals surface area contributed by atoms with Crippen molar-refractivity contribution in [2.45, 2.75) is 44.4 Å². The van der Waals surface area contributed by atoms with Crippen molar-refractivity contribution in [1.29, 1.82) is 0 Å². The van der Waals surface area contributed by atoms with Crippen molar-refractivity contribution in [3.8, 4) is 5.75 Å². The summed E-state index contributed by atoms with van der Waals surface area (Å²) in [7, 11) is -1.35. The van der Waals surface area contributed by atoms with Crippen molar-refractivity contribution >= 4 is 39.7 Å². The highest BCUT2D eigenvalue weighted by molar-refractivity contribution is 7.85. The predicted octanol–water partition coefficient (Wildman–Crippen LogP) is 6.46. The fourth-order valence-electron chi connectivity index (χ4n) is 3.93. The van der Waals surface area contributed by atoms with E-state index in [2.05, 4.69) is 18.7 Å². The van der Waals surface area contributed by atoms with Crippen LogP contribution in [-0.2, 0) is 15.6 Å². The van der Waals surface area contributed by atoms with E-state index in [0.717, 1.165) is 31.4 Å². The Morgan fingerprint density at radius 2 is 2.03 bits per heavy atom. The Hall–Kier alpha value is -2.38. The minimum Gasteiger partial charge on any atom is -0.476 e. The van der Waals surface area contributed by atoms with Gasteiger partial charge in [0.1, 0.15) is 12.0 Å². The first kappa shape index (κ1) is 24.3. The first-order valence-electron chi connectivity index (χ1n) is 10.6. The molecule has 0 fully saturated rings. The third-order valence-corrected chi connectivity index (χ3v) is 7.84. The van der Waals surface area contributed by atoms with Crippen molar-refractivity contribution < 1.29 is 23.2 Å². The smallest absolute Gasteiger partial charge is 0.368 e. The van der Waals surface area contributed by atoms with E-state index < -0.39 is 22.6 Å². The van der Waals surface area contributed by atoms with Crippen molar-refractivity contribution in [2.75, 3.05) is 17.2 Å². The molecule has 3 rings (SSSR count). The fraction of sp³-hybridized carbons (Fsp3) is 0.375. The minimum atomic E-state index is -1.74. The van der Waals surface area contributed by atoms with Crippen LogP contribution in [0.3, 0.4) is 0 Å². The number of carbonyl (C=O) groups is 1. The van der Waals surface area contributed by atoms with E-state index in [9.17, 15) is 13.4 Å². The zero-order chi connectivity index (χ0) is 23.3. The Bertz CT molecular complexity index is 1030. The highest BCUT2D eigenvalue weighted by Gasteiger charge is 2.38. The lowest BCUT2D eigenvalue weighted by atomic mass is 9.81. The summed E-state index contributed by atoms with van der Waals surface area (Å²) in [6, 6.07) is 13.0. The summed E-state index contributed by atoms with van der Waals surface area (Å²) in [4.78, 5) is 13.4. The molecule has 0 saturated heterocycles. The zero-order valence-electron chi connectivity index (χ0n) is 18.1. The number of para-hydroxylation sites is 1. The first-order valence-corrected chi connectivity index (χ1v) is 12.3. The number of nitrogens with zero attached hydrogens (tertiary/aromatic N) is 1. The number of carboxylic acids is 1. The second kappa shape index (κ2) is 10.5. The molecular weight excluding hydrogens is 453 g/mol. The van der Waals surface area contributed by atoms with Crippen molar-refractivity contribution in [3.05, 3.63) is 59.6 Å². The van der Waals surface area contributed by atoms with Gasteiger partial charge in [0.2, 0.25) is 5.83 Å². The lowest BCUT2D eigenvalue weighted by Crippen LogP contribution is -2.37. The molecule has 0 spiro atoms. The highest BCUT2D eigenvalue weighted by atomic mass is 35.5. The Kier molecular flexibility index (Phi) is 7.96. The third kappa shape index (κ3) is 5.33. The van der Waals surface area contributed by atoms with Gasteiger partial charge in [0, 0.05) is 24.1 Å². The summed E-state index contributed by atoms with van der Waals surface area (Å²) >= 11 is 6.42. The Labute approximate surface area is 195 Å². The van der Waals surface area contributed by atoms with E-state index >= 15 is 0 Å². The Morgan fingerprint density at radius 1 is 1.31 bits per heavy atom. The number of aliphatic carboxylic acids is 1. The van der Waals surface area contributed by atoms with Crippen LogP contribution in [0.2, 0.25) is 5.02 Å². The van der Waals surface area contributed by atoms with Gasteiger partial charge in [0.15, 0.2) is 0 Å². The molecule has 2 unspecified atom stereocenters.